The molecule has 0 radical (unpaired) electrons. The number of pyridine rings is 1. The summed E-state index contributed by atoms with van der Waals surface area (Å²) in [5, 5.41) is 8.85. The van der Waals surface area contributed by atoms with E-state index in [1.165, 1.54) is 18.5 Å². The molecule has 7 heteroatoms. The van der Waals surface area contributed by atoms with Crippen molar-refractivity contribution < 1.29 is 13.5 Å². The highest BCUT2D eigenvalue weighted by molar-refractivity contribution is 7.99. The second-order valence-electron chi connectivity index (χ2n) is 4.08. The van der Waals surface area contributed by atoms with E-state index < -0.39 is 10.0 Å². The molecule has 5 nitrogen and oxygen atoms in total. The molecule has 1 aromatic heterocycles. The average Bonchev–Trinajstić information content (AvgIpc) is 2.45. The first-order valence-electron chi connectivity index (χ1n) is 6.07. The third-order valence-corrected chi connectivity index (χ3v) is 4.82. The molecule has 0 aliphatic rings. The number of aliphatic hydroxyl groups is 1. The fraction of sp³-hybridized carbons (Fsp3) is 0.462. The van der Waals surface area contributed by atoms with Gasteiger partial charge < -0.3 is 5.11 Å². The van der Waals surface area contributed by atoms with Crippen LogP contribution in [-0.2, 0) is 10.0 Å². The molecule has 0 bridgehead atoms. The highest BCUT2D eigenvalue weighted by Crippen LogP contribution is 2.10. The van der Waals surface area contributed by atoms with E-state index in [9.17, 15) is 8.42 Å². The Morgan fingerprint density at radius 1 is 1.50 bits per heavy atom. The first-order chi connectivity index (χ1) is 9.49. The Morgan fingerprint density at radius 2 is 2.25 bits per heavy atom. The van der Waals surface area contributed by atoms with Crippen molar-refractivity contribution in [2.75, 3.05) is 19.4 Å². The number of nitrogens with zero attached hydrogens (tertiary/aromatic N) is 1. The number of nitrogens with one attached hydrogen (secondary N) is 1. The lowest BCUT2D eigenvalue weighted by molar-refractivity contribution is 0.305. The number of hydrogen-bond acceptors (Lipinski definition) is 5. The van der Waals surface area contributed by atoms with Gasteiger partial charge in [-0.3, -0.25) is 4.98 Å². The van der Waals surface area contributed by atoms with E-state index in [0.717, 1.165) is 0 Å². The lowest BCUT2D eigenvalue weighted by atomic mass is 10.3. The van der Waals surface area contributed by atoms with E-state index in [1.807, 2.05) is 13.2 Å². The Bertz CT molecular complexity index is 591. The van der Waals surface area contributed by atoms with Gasteiger partial charge in [-0.05, 0) is 12.3 Å². The summed E-state index contributed by atoms with van der Waals surface area (Å²) in [6.45, 7) is 2.29. The van der Waals surface area contributed by atoms with Gasteiger partial charge in [-0.25, -0.2) is 13.1 Å². The summed E-state index contributed by atoms with van der Waals surface area (Å²) < 4.78 is 26.7. The summed E-state index contributed by atoms with van der Waals surface area (Å²) in [7, 11) is -3.56. The van der Waals surface area contributed by atoms with Crippen molar-refractivity contribution in [1.29, 1.82) is 0 Å². The third kappa shape index (κ3) is 5.51. The van der Waals surface area contributed by atoms with Crippen molar-refractivity contribution >= 4 is 21.8 Å². The van der Waals surface area contributed by atoms with Gasteiger partial charge in [-0.2, -0.15) is 11.8 Å². The zero-order valence-electron chi connectivity index (χ0n) is 11.5. The van der Waals surface area contributed by atoms with Gasteiger partial charge in [0.1, 0.15) is 4.90 Å². The zero-order valence-corrected chi connectivity index (χ0v) is 13.1. The van der Waals surface area contributed by atoms with Gasteiger partial charge in [-0.15, -0.1) is 0 Å². The minimum absolute atomic E-state index is 0.0213. The maximum atomic E-state index is 12.1. The number of aromatic nitrogens is 1. The standard InChI is InChI=1S/C13H18N2O3S2/c1-11(19-2)8-15-20(17,18)13-7-12(9-14-10-13)5-3-4-6-16/h7,9-11,15-16H,4,6,8H2,1-2H3. The molecule has 0 saturated carbocycles. The van der Waals surface area contributed by atoms with Crippen molar-refractivity contribution in [3.63, 3.8) is 0 Å². The summed E-state index contributed by atoms with van der Waals surface area (Å²) in [5.74, 6) is 5.50. The second kappa shape index (κ2) is 8.27. The average molecular weight is 314 g/mol. The van der Waals surface area contributed by atoms with E-state index in [2.05, 4.69) is 21.5 Å². The van der Waals surface area contributed by atoms with Gasteiger partial charge in [0.2, 0.25) is 10.0 Å². The van der Waals surface area contributed by atoms with E-state index in [4.69, 9.17) is 5.11 Å². The van der Waals surface area contributed by atoms with E-state index in [-0.39, 0.29) is 16.8 Å². The number of hydrogen-bond donors (Lipinski definition) is 2. The van der Waals surface area contributed by atoms with Gasteiger partial charge in [0.25, 0.3) is 0 Å². The largest absolute Gasteiger partial charge is 0.395 e. The minimum Gasteiger partial charge on any atom is -0.395 e. The molecular weight excluding hydrogens is 296 g/mol. The lowest BCUT2D eigenvalue weighted by Gasteiger charge is -2.10. The molecular formula is C13H18N2O3S2. The maximum Gasteiger partial charge on any atom is 0.242 e. The first-order valence-corrected chi connectivity index (χ1v) is 8.84. The topological polar surface area (TPSA) is 79.3 Å². The Labute approximate surface area is 124 Å². The molecule has 0 saturated heterocycles. The summed E-state index contributed by atoms with van der Waals surface area (Å²) in [6.07, 6.45) is 5.07. The molecule has 2 N–H and O–H groups in total. The molecule has 1 unspecified atom stereocenters. The molecule has 0 amide bonds. The van der Waals surface area contributed by atoms with Gasteiger partial charge in [0.05, 0.1) is 6.61 Å². The van der Waals surface area contributed by atoms with Crippen molar-refractivity contribution in [2.45, 2.75) is 23.5 Å². The molecule has 1 atom stereocenters. The van der Waals surface area contributed by atoms with E-state index in [0.29, 0.717) is 18.5 Å². The fourth-order valence-corrected chi connectivity index (χ4v) is 2.72. The Balaban J connectivity index is 2.85. The van der Waals surface area contributed by atoms with Crippen LogP contribution < -0.4 is 4.72 Å². The molecule has 0 fully saturated rings. The molecule has 0 aliphatic carbocycles. The van der Waals surface area contributed by atoms with Crippen LogP contribution in [-0.4, -0.2) is 43.2 Å². The van der Waals surface area contributed by atoms with E-state index in [1.54, 1.807) is 11.8 Å². The van der Waals surface area contributed by atoms with Crippen LogP contribution in [0.2, 0.25) is 0 Å². The number of thioether (sulfide) groups is 1. The number of aliphatic hydroxyl groups excluding tert-OH is 1. The van der Waals surface area contributed by atoms with Gasteiger partial charge in [0.15, 0.2) is 0 Å². The SMILES string of the molecule is CSC(C)CNS(=O)(=O)c1cncc(C#CCCO)c1. The van der Waals surface area contributed by atoms with Gasteiger partial charge >= 0.3 is 0 Å². The Hall–Kier alpha value is -1.07. The van der Waals surface area contributed by atoms with Crippen LogP contribution in [0.25, 0.3) is 0 Å². The van der Waals surface area contributed by atoms with Crippen LogP contribution in [0.5, 0.6) is 0 Å². The quantitative estimate of drug-likeness (QED) is 0.761. The van der Waals surface area contributed by atoms with Gasteiger partial charge in [0, 0.05) is 36.2 Å². The van der Waals surface area contributed by atoms with Crippen LogP contribution in [0.1, 0.15) is 18.9 Å². The highest BCUT2D eigenvalue weighted by atomic mass is 32.2. The highest BCUT2D eigenvalue weighted by Gasteiger charge is 2.15. The molecule has 0 spiro atoms. The predicted octanol–water partition coefficient (Wildman–Crippen LogP) is 0.845. The minimum atomic E-state index is -3.56. The summed E-state index contributed by atoms with van der Waals surface area (Å²) in [6, 6.07) is 1.48. The molecule has 0 aromatic carbocycles. The molecule has 20 heavy (non-hydrogen) atoms. The first kappa shape index (κ1) is 17.0. The van der Waals surface area contributed by atoms with Gasteiger partial charge in [-0.1, -0.05) is 18.8 Å². The van der Waals surface area contributed by atoms with Crippen LogP contribution in [0, 0.1) is 11.8 Å². The summed E-state index contributed by atoms with van der Waals surface area (Å²) >= 11 is 1.59. The van der Waals surface area contributed by atoms with Crippen molar-refractivity contribution in [1.82, 2.24) is 9.71 Å². The third-order valence-electron chi connectivity index (χ3n) is 2.46. The smallest absolute Gasteiger partial charge is 0.242 e. The Morgan fingerprint density at radius 3 is 2.90 bits per heavy atom. The fourth-order valence-electron chi connectivity index (χ4n) is 1.25. The molecule has 1 aromatic rings. The lowest BCUT2D eigenvalue weighted by Crippen LogP contribution is -2.29. The van der Waals surface area contributed by atoms with E-state index >= 15 is 0 Å². The van der Waals surface area contributed by atoms with Crippen LogP contribution in [0.4, 0.5) is 0 Å². The van der Waals surface area contributed by atoms with Crippen molar-refractivity contribution in [3.8, 4) is 11.8 Å². The molecule has 1 rings (SSSR count). The maximum absolute atomic E-state index is 12.1. The van der Waals surface area contributed by atoms with Crippen LogP contribution in [0.15, 0.2) is 23.4 Å². The second-order valence-corrected chi connectivity index (χ2v) is 7.13. The molecule has 110 valence electrons. The number of sulfonamides is 1. The Kier molecular flexibility index (Phi) is 7.02. The molecule has 0 aliphatic heterocycles. The molecule has 1 heterocycles. The normalized spacial score (nSPS) is 12.6. The van der Waals surface area contributed by atoms with Crippen LogP contribution in [0.3, 0.4) is 0 Å². The van der Waals surface area contributed by atoms with Crippen molar-refractivity contribution in [3.05, 3.63) is 24.0 Å². The van der Waals surface area contributed by atoms with Crippen molar-refractivity contribution in [2.24, 2.45) is 0 Å². The summed E-state index contributed by atoms with van der Waals surface area (Å²) in [5.41, 5.74) is 0.513. The monoisotopic (exact) mass is 314 g/mol. The van der Waals surface area contributed by atoms with Crippen LogP contribution >= 0.6 is 11.8 Å². The number of rotatable bonds is 6. The predicted molar refractivity (Wildman–Crippen MR) is 81.0 cm³/mol. The zero-order chi connectivity index (χ0) is 15.0. The summed E-state index contributed by atoms with van der Waals surface area (Å²) in [4.78, 5) is 3.99.